The number of carbonyl (C=O) groups is 2. The maximum Gasteiger partial charge on any atom is 0.337 e. The molecule has 0 saturated heterocycles. The van der Waals surface area contributed by atoms with Crippen molar-refractivity contribution in [1.29, 1.82) is 0 Å². The summed E-state index contributed by atoms with van der Waals surface area (Å²) in [5.41, 5.74) is 7.02. The minimum Gasteiger partial charge on any atom is -0.465 e. The standard InChI is InChI=1S/C48H43N5O3/c1-56-47(55)38-19-16-26-42(33-38)52(46(54)37-17-6-2-7-18-37)34-35-29-31-36(32-30-35)43-27-14-15-28-44(43)45-49-51-53(50-45)48(39-20-8-3-9-21-39,40-22-10-4-11-23-40)41-24-12-5-13-25-41/h3-5,8-16,19-33,37H,2,6-7,17-18,34H2,1H3. The molecule has 1 amide bonds. The minimum absolute atomic E-state index is 0.0398. The molecule has 56 heavy (non-hydrogen) atoms. The monoisotopic (exact) mass is 737 g/mol. The molecule has 8 rings (SSSR count). The van der Waals surface area contributed by atoms with Gasteiger partial charge in [-0.05, 0) is 69.6 Å². The Hall–Kier alpha value is -6.67. The van der Waals surface area contributed by atoms with Gasteiger partial charge in [0, 0.05) is 17.2 Å². The fourth-order valence-electron chi connectivity index (χ4n) is 8.04. The van der Waals surface area contributed by atoms with Gasteiger partial charge in [0.2, 0.25) is 11.7 Å². The Labute approximate surface area is 327 Å². The number of rotatable bonds is 11. The van der Waals surface area contributed by atoms with E-state index in [4.69, 9.17) is 20.1 Å². The highest BCUT2D eigenvalue weighted by molar-refractivity contribution is 5.97. The molecule has 8 heteroatoms. The molecule has 0 atom stereocenters. The van der Waals surface area contributed by atoms with Crippen molar-refractivity contribution in [2.75, 3.05) is 12.0 Å². The summed E-state index contributed by atoms with van der Waals surface area (Å²) in [7, 11) is 1.37. The summed E-state index contributed by atoms with van der Waals surface area (Å²) in [6.07, 6.45) is 5.02. The molecule has 8 nitrogen and oxygen atoms in total. The molecule has 7 aromatic rings. The first kappa shape index (κ1) is 36.3. The summed E-state index contributed by atoms with van der Waals surface area (Å²) < 4.78 is 4.98. The highest BCUT2D eigenvalue weighted by atomic mass is 16.5. The number of benzene rings is 6. The van der Waals surface area contributed by atoms with Crippen LogP contribution in [0, 0.1) is 5.92 Å². The normalized spacial score (nSPS) is 13.2. The molecule has 0 unspecified atom stereocenters. The van der Waals surface area contributed by atoms with Crippen molar-refractivity contribution < 1.29 is 14.3 Å². The Bertz CT molecular complexity index is 2310. The van der Waals surface area contributed by atoms with Gasteiger partial charge in [0.15, 0.2) is 5.54 Å². The van der Waals surface area contributed by atoms with E-state index in [1.54, 1.807) is 23.0 Å². The molecule has 1 aromatic heterocycles. The zero-order valence-corrected chi connectivity index (χ0v) is 31.4. The second-order valence-electron chi connectivity index (χ2n) is 14.3. The first-order valence-corrected chi connectivity index (χ1v) is 19.2. The zero-order valence-electron chi connectivity index (χ0n) is 31.4. The van der Waals surface area contributed by atoms with Gasteiger partial charge in [-0.3, -0.25) is 4.79 Å². The summed E-state index contributed by atoms with van der Waals surface area (Å²) >= 11 is 0. The lowest BCUT2D eigenvalue weighted by atomic mass is 9.77. The van der Waals surface area contributed by atoms with Crippen LogP contribution in [-0.2, 0) is 21.6 Å². The van der Waals surface area contributed by atoms with E-state index in [0.29, 0.717) is 23.6 Å². The van der Waals surface area contributed by atoms with Crippen LogP contribution in [0.2, 0.25) is 0 Å². The number of amides is 1. The first-order chi connectivity index (χ1) is 27.6. The number of esters is 1. The van der Waals surface area contributed by atoms with Crippen LogP contribution in [0.5, 0.6) is 0 Å². The largest absolute Gasteiger partial charge is 0.465 e. The number of nitrogens with zero attached hydrogens (tertiary/aromatic N) is 5. The van der Waals surface area contributed by atoms with E-state index in [1.165, 1.54) is 7.11 Å². The van der Waals surface area contributed by atoms with Gasteiger partial charge in [-0.2, -0.15) is 0 Å². The topological polar surface area (TPSA) is 90.2 Å². The summed E-state index contributed by atoms with van der Waals surface area (Å²) in [5.74, 6) is 0.127. The summed E-state index contributed by atoms with van der Waals surface area (Å²) in [6, 6.07) is 54.5. The number of tetrazole rings is 1. The Balaban J connectivity index is 1.14. The average molecular weight is 738 g/mol. The lowest BCUT2D eigenvalue weighted by Crippen LogP contribution is -2.39. The molecule has 1 aliphatic carbocycles. The number of hydrogen-bond donors (Lipinski definition) is 0. The lowest BCUT2D eigenvalue weighted by Gasteiger charge is -2.34. The van der Waals surface area contributed by atoms with Crippen molar-refractivity contribution in [1.82, 2.24) is 20.2 Å². The third-order valence-electron chi connectivity index (χ3n) is 10.9. The molecular formula is C48H43N5O3. The lowest BCUT2D eigenvalue weighted by molar-refractivity contribution is -0.123. The minimum atomic E-state index is -0.886. The van der Waals surface area contributed by atoms with Crippen LogP contribution in [0.4, 0.5) is 5.69 Å². The van der Waals surface area contributed by atoms with Gasteiger partial charge in [0.1, 0.15) is 0 Å². The van der Waals surface area contributed by atoms with Gasteiger partial charge in [0.05, 0.1) is 19.2 Å². The Morgan fingerprint density at radius 3 is 1.84 bits per heavy atom. The number of carbonyl (C=O) groups excluding carboxylic acids is 2. The molecule has 0 spiro atoms. The van der Waals surface area contributed by atoms with Gasteiger partial charge in [-0.15, -0.1) is 15.0 Å². The van der Waals surface area contributed by atoms with Crippen LogP contribution in [-0.4, -0.2) is 39.2 Å². The molecule has 0 bridgehead atoms. The van der Waals surface area contributed by atoms with Crippen molar-refractivity contribution in [2.45, 2.75) is 44.2 Å². The summed E-state index contributed by atoms with van der Waals surface area (Å²) in [4.78, 5) is 30.1. The smallest absolute Gasteiger partial charge is 0.337 e. The number of methoxy groups -OCH3 is 1. The van der Waals surface area contributed by atoms with Gasteiger partial charge < -0.3 is 9.64 Å². The van der Waals surface area contributed by atoms with Crippen LogP contribution in [0.3, 0.4) is 0 Å². The maximum absolute atomic E-state index is 14.1. The third-order valence-corrected chi connectivity index (χ3v) is 10.9. The molecule has 1 saturated carbocycles. The van der Waals surface area contributed by atoms with E-state index in [0.717, 1.165) is 71.0 Å². The predicted molar refractivity (Wildman–Crippen MR) is 219 cm³/mol. The van der Waals surface area contributed by atoms with Crippen molar-refractivity contribution in [2.24, 2.45) is 5.92 Å². The number of aromatic nitrogens is 4. The van der Waals surface area contributed by atoms with Crippen molar-refractivity contribution in [3.8, 4) is 22.5 Å². The average Bonchev–Trinajstić information content (AvgIpc) is 3.77. The fraction of sp³-hybridized carbons (Fsp3) is 0.188. The van der Waals surface area contributed by atoms with E-state index in [-0.39, 0.29) is 11.8 Å². The molecule has 1 aliphatic rings. The zero-order chi connectivity index (χ0) is 38.3. The Morgan fingerprint density at radius 2 is 1.25 bits per heavy atom. The van der Waals surface area contributed by atoms with Gasteiger partial charge in [-0.25, -0.2) is 4.79 Å². The van der Waals surface area contributed by atoms with Crippen molar-refractivity contribution in [3.05, 3.63) is 192 Å². The fourth-order valence-corrected chi connectivity index (χ4v) is 8.04. The first-order valence-electron chi connectivity index (χ1n) is 19.2. The SMILES string of the molecule is COC(=O)c1cccc(N(Cc2ccc(-c3ccccc3-c3nnn(C(c4ccccc4)(c4ccccc4)c4ccccc4)n3)cc2)C(=O)C2CCCCC2)c1. The van der Waals surface area contributed by atoms with E-state index in [2.05, 4.69) is 66.7 Å². The number of hydrogen-bond acceptors (Lipinski definition) is 6. The van der Waals surface area contributed by atoms with Gasteiger partial charge >= 0.3 is 5.97 Å². The highest BCUT2D eigenvalue weighted by Gasteiger charge is 2.41. The molecule has 0 aliphatic heterocycles. The number of ether oxygens (including phenoxy) is 1. The van der Waals surface area contributed by atoms with Gasteiger partial charge in [0.25, 0.3) is 0 Å². The van der Waals surface area contributed by atoms with Crippen molar-refractivity contribution >= 4 is 17.6 Å². The van der Waals surface area contributed by atoms with E-state index < -0.39 is 11.5 Å². The Morgan fingerprint density at radius 1 is 0.679 bits per heavy atom. The molecule has 278 valence electrons. The molecule has 0 N–H and O–H groups in total. The van der Waals surface area contributed by atoms with Crippen LogP contribution < -0.4 is 4.90 Å². The molecule has 6 aromatic carbocycles. The second-order valence-corrected chi connectivity index (χ2v) is 14.3. The quantitative estimate of drug-likeness (QED) is 0.0970. The third kappa shape index (κ3) is 7.13. The van der Waals surface area contributed by atoms with E-state index in [9.17, 15) is 9.59 Å². The van der Waals surface area contributed by atoms with Crippen LogP contribution >= 0.6 is 0 Å². The molecular weight excluding hydrogens is 695 g/mol. The predicted octanol–water partition coefficient (Wildman–Crippen LogP) is 9.75. The van der Waals surface area contributed by atoms with E-state index >= 15 is 0 Å². The van der Waals surface area contributed by atoms with E-state index in [1.807, 2.05) is 83.8 Å². The van der Waals surface area contributed by atoms with Crippen LogP contribution in [0.25, 0.3) is 22.5 Å². The molecule has 0 radical (unpaired) electrons. The van der Waals surface area contributed by atoms with Gasteiger partial charge in [-0.1, -0.05) is 165 Å². The highest BCUT2D eigenvalue weighted by Crippen LogP contribution is 2.40. The van der Waals surface area contributed by atoms with Crippen LogP contribution in [0.15, 0.2) is 164 Å². The van der Waals surface area contributed by atoms with Crippen molar-refractivity contribution in [3.63, 3.8) is 0 Å². The Kier molecular flexibility index (Phi) is 10.6. The maximum atomic E-state index is 14.1. The van der Waals surface area contributed by atoms with Crippen LogP contribution in [0.1, 0.15) is 64.7 Å². The summed E-state index contributed by atoms with van der Waals surface area (Å²) in [6.45, 7) is 0.373. The molecule has 1 fully saturated rings. The summed E-state index contributed by atoms with van der Waals surface area (Å²) in [5, 5.41) is 14.7. The molecule has 1 heterocycles. The number of anilines is 1. The second kappa shape index (κ2) is 16.4.